The van der Waals surface area contributed by atoms with Gasteiger partial charge in [-0.1, -0.05) is 45.4 Å². The number of unbranched alkanes of at least 4 members (excludes halogenated alkanes) is 3. The number of hydrogen-bond donors (Lipinski definition) is 2. The summed E-state index contributed by atoms with van der Waals surface area (Å²) in [4.78, 5) is 26.8. The quantitative estimate of drug-likeness (QED) is 0.585. The van der Waals surface area contributed by atoms with Crippen molar-refractivity contribution in [1.82, 2.24) is 15.5 Å². The molecule has 5 nitrogen and oxygen atoms in total. The van der Waals surface area contributed by atoms with Gasteiger partial charge in [0.15, 0.2) is 0 Å². The van der Waals surface area contributed by atoms with Crippen molar-refractivity contribution >= 4 is 11.8 Å². The topological polar surface area (TPSA) is 61.4 Å². The molecule has 0 aromatic carbocycles. The Morgan fingerprint density at radius 1 is 0.962 bits per heavy atom. The number of carbonyl (C=O) groups excluding carboxylic acids is 2. The van der Waals surface area contributed by atoms with Crippen molar-refractivity contribution in [2.45, 2.75) is 77.6 Å². The van der Waals surface area contributed by atoms with E-state index in [-0.39, 0.29) is 17.7 Å². The van der Waals surface area contributed by atoms with E-state index >= 15 is 0 Å². The highest BCUT2D eigenvalue weighted by atomic mass is 16.2. The van der Waals surface area contributed by atoms with E-state index in [4.69, 9.17) is 0 Å². The minimum Gasteiger partial charge on any atom is -0.356 e. The van der Waals surface area contributed by atoms with Gasteiger partial charge in [-0.15, -0.1) is 0 Å². The van der Waals surface area contributed by atoms with Crippen LogP contribution in [0.2, 0.25) is 0 Å². The smallest absolute Gasteiger partial charge is 0.234 e. The van der Waals surface area contributed by atoms with E-state index in [2.05, 4.69) is 22.5 Å². The number of amides is 2. The van der Waals surface area contributed by atoms with Crippen molar-refractivity contribution in [3.05, 3.63) is 0 Å². The monoisotopic (exact) mass is 365 g/mol. The Kier molecular flexibility index (Phi) is 10.0. The molecular formula is C21H39N3O2. The number of likely N-dealkylation sites (tertiary alicyclic amines) is 1. The average Bonchev–Trinajstić information content (AvgIpc) is 2.67. The molecule has 1 aliphatic carbocycles. The summed E-state index contributed by atoms with van der Waals surface area (Å²) in [6, 6.07) is 0. The molecule has 1 saturated heterocycles. The van der Waals surface area contributed by atoms with Gasteiger partial charge in [0, 0.05) is 19.6 Å². The summed E-state index contributed by atoms with van der Waals surface area (Å²) < 4.78 is 0. The Labute approximate surface area is 159 Å². The van der Waals surface area contributed by atoms with Crippen LogP contribution in [-0.4, -0.2) is 49.4 Å². The Morgan fingerprint density at radius 2 is 1.77 bits per heavy atom. The van der Waals surface area contributed by atoms with Gasteiger partial charge in [-0.05, 0) is 44.6 Å². The van der Waals surface area contributed by atoms with Crippen LogP contribution >= 0.6 is 0 Å². The predicted molar refractivity (Wildman–Crippen MR) is 106 cm³/mol. The van der Waals surface area contributed by atoms with Gasteiger partial charge in [0.05, 0.1) is 12.5 Å². The van der Waals surface area contributed by atoms with Gasteiger partial charge >= 0.3 is 0 Å². The summed E-state index contributed by atoms with van der Waals surface area (Å²) >= 11 is 0. The van der Waals surface area contributed by atoms with Crippen molar-refractivity contribution in [1.29, 1.82) is 0 Å². The molecule has 0 aromatic heterocycles. The largest absolute Gasteiger partial charge is 0.356 e. The van der Waals surface area contributed by atoms with E-state index in [1.165, 1.54) is 51.4 Å². The van der Waals surface area contributed by atoms with Crippen molar-refractivity contribution in [3.63, 3.8) is 0 Å². The fourth-order valence-electron chi connectivity index (χ4n) is 4.23. The minimum absolute atomic E-state index is 0.0427. The van der Waals surface area contributed by atoms with E-state index in [1.807, 2.05) is 0 Å². The third kappa shape index (κ3) is 8.07. The van der Waals surface area contributed by atoms with Crippen LogP contribution < -0.4 is 10.6 Å². The molecule has 1 atom stereocenters. The molecule has 1 unspecified atom stereocenters. The van der Waals surface area contributed by atoms with Crippen LogP contribution in [0.15, 0.2) is 0 Å². The lowest BCUT2D eigenvalue weighted by atomic mass is 9.89. The molecular weight excluding hydrogens is 326 g/mol. The highest BCUT2D eigenvalue weighted by Crippen LogP contribution is 2.22. The molecule has 1 heterocycles. The Morgan fingerprint density at radius 3 is 2.54 bits per heavy atom. The van der Waals surface area contributed by atoms with Crippen LogP contribution in [0.5, 0.6) is 0 Å². The fourth-order valence-corrected chi connectivity index (χ4v) is 4.23. The summed E-state index contributed by atoms with van der Waals surface area (Å²) in [6.45, 7) is 5.90. The van der Waals surface area contributed by atoms with Gasteiger partial charge in [0.25, 0.3) is 0 Å². The first-order valence-electron chi connectivity index (χ1n) is 11.0. The summed E-state index contributed by atoms with van der Waals surface area (Å²) in [6.07, 6.45) is 13.1. The van der Waals surface area contributed by atoms with Crippen LogP contribution in [0.25, 0.3) is 0 Å². The number of hydrogen-bond acceptors (Lipinski definition) is 3. The molecule has 150 valence electrons. The molecule has 2 fully saturated rings. The Balaban J connectivity index is 1.61. The van der Waals surface area contributed by atoms with E-state index < -0.39 is 0 Å². The normalized spacial score (nSPS) is 22.1. The Bertz CT molecular complexity index is 421. The maximum Gasteiger partial charge on any atom is 0.234 e. The lowest BCUT2D eigenvalue weighted by molar-refractivity contribution is -0.129. The second-order valence-corrected chi connectivity index (χ2v) is 8.23. The maximum absolute atomic E-state index is 12.4. The van der Waals surface area contributed by atoms with Crippen LogP contribution in [0.4, 0.5) is 0 Å². The van der Waals surface area contributed by atoms with E-state index in [9.17, 15) is 9.59 Å². The Hall–Kier alpha value is -1.10. The van der Waals surface area contributed by atoms with Gasteiger partial charge in [-0.25, -0.2) is 0 Å². The van der Waals surface area contributed by atoms with Crippen LogP contribution in [0.1, 0.15) is 77.6 Å². The molecule has 0 spiro atoms. The van der Waals surface area contributed by atoms with Gasteiger partial charge in [0.2, 0.25) is 11.8 Å². The van der Waals surface area contributed by atoms with Crippen LogP contribution in [0.3, 0.4) is 0 Å². The van der Waals surface area contributed by atoms with Crippen LogP contribution in [0, 0.1) is 11.8 Å². The molecule has 26 heavy (non-hydrogen) atoms. The van der Waals surface area contributed by atoms with Gasteiger partial charge in [0.1, 0.15) is 0 Å². The zero-order valence-corrected chi connectivity index (χ0v) is 16.7. The second-order valence-electron chi connectivity index (χ2n) is 8.23. The first-order chi connectivity index (χ1) is 12.7. The zero-order valence-electron chi connectivity index (χ0n) is 16.7. The number of nitrogens with one attached hydrogen (secondary N) is 2. The van der Waals surface area contributed by atoms with Gasteiger partial charge < -0.3 is 10.6 Å². The number of rotatable bonds is 10. The lowest BCUT2D eigenvalue weighted by Gasteiger charge is -2.31. The van der Waals surface area contributed by atoms with E-state index in [0.29, 0.717) is 12.5 Å². The van der Waals surface area contributed by atoms with Crippen molar-refractivity contribution in [2.75, 3.05) is 32.7 Å². The van der Waals surface area contributed by atoms with Crippen molar-refractivity contribution < 1.29 is 9.59 Å². The van der Waals surface area contributed by atoms with E-state index in [1.54, 1.807) is 0 Å². The van der Waals surface area contributed by atoms with Gasteiger partial charge in [-0.3, -0.25) is 14.5 Å². The maximum atomic E-state index is 12.4. The molecule has 0 aromatic rings. The third-order valence-electron chi connectivity index (χ3n) is 5.89. The molecule has 0 radical (unpaired) electrons. The van der Waals surface area contributed by atoms with Crippen LogP contribution in [-0.2, 0) is 9.59 Å². The lowest BCUT2D eigenvalue weighted by Crippen LogP contribution is -2.47. The second kappa shape index (κ2) is 12.3. The average molecular weight is 366 g/mol. The molecule has 1 saturated carbocycles. The highest BCUT2D eigenvalue weighted by Gasteiger charge is 2.26. The van der Waals surface area contributed by atoms with E-state index in [0.717, 1.165) is 45.4 Å². The highest BCUT2D eigenvalue weighted by molar-refractivity contribution is 5.80. The molecule has 2 amide bonds. The van der Waals surface area contributed by atoms with Gasteiger partial charge in [-0.2, -0.15) is 0 Å². The SMILES string of the molecule is CCCCCCNC(=O)C1CCCN(CC(=O)NCC2CCCCC2)C1. The number of nitrogens with zero attached hydrogens (tertiary/aromatic N) is 1. The molecule has 5 heteroatoms. The number of carbonyl (C=O) groups is 2. The predicted octanol–water partition coefficient (Wildman–Crippen LogP) is 3.09. The molecule has 0 bridgehead atoms. The zero-order chi connectivity index (χ0) is 18.6. The molecule has 2 rings (SSSR count). The molecule has 1 aliphatic heterocycles. The standard InChI is InChI=1S/C21H39N3O2/c1-2-3-4-8-13-22-21(26)19-12-9-14-24(16-19)17-20(25)23-15-18-10-6-5-7-11-18/h18-19H,2-17H2,1H3,(H,22,26)(H,23,25). The third-order valence-corrected chi connectivity index (χ3v) is 5.89. The minimum atomic E-state index is 0.0427. The summed E-state index contributed by atoms with van der Waals surface area (Å²) in [5.74, 6) is 1.01. The van der Waals surface area contributed by atoms with Crippen molar-refractivity contribution in [2.24, 2.45) is 11.8 Å². The van der Waals surface area contributed by atoms with Crippen molar-refractivity contribution in [3.8, 4) is 0 Å². The summed E-state index contributed by atoms with van der Waals surface area (Å²) in [5, 5.41) is 6.20. The molecule has 2 aliphatic rings. The molecule has 2 N–H and O–H groups in total. The first-order valence-corrected chi connectivity index (χ1v) is 11.0. The first kappa shape index (κ1) is 21.2. The number of piperidine rings is 1. The fraction of sp³-hybridized carbons (Fsp3) is 0.905. The summed E-state index contributed by atoms with van der Waals surface area (Å²) in [5.41, 5.74) is 0. The summed E-state index contributed by atoms with van der Waals surface area (Å²) in [7, 11) is 0.